The van der Waals surface area contributed by atoms with E-state index in [2.05, 4.69) is 26.8 Å². The first kappa shape index (κ1) is 12.3. The molecule has 0 N–H and O–H groups in total. The van der Waals surface area contributed by atoms with Crippen LogP contribution in [0.1, 0.15) is 46.5 Å². The highest BCUT2D eigenvalue weighted by atomic mass is 16.5. The predicted octanol–water partition coefficient (Wildman–Crippen LogP) is 3.57. The van der Waals surface area contributed by atoms with Gasteiger partial charge in [0.15, 0.2) is 0 Å². The number of ether oxygens (including phenoxy) is 1. The quantitative estimate of drug-likeness (QED) is 0.524. The molecule has 3 rings (SSSR count). The van der Waals surface area contributed by atoms with Crippen LogP contribution in [0, 0.1) is 28.6 Å². The highest BCUT2D eigenvalue weighted by Gasteiger charge is 2.68. The van der Waals surface area contributed by atoms with Gasteiger partial charge in [-0.2, -0.15) is 0 Å². The van der Waals surface area contributed by atoms with Gasteiger partial charge in [-0.25, -0.2) is 0 Å². The lowest BCUT2D eigenvalue weighted by molar-refractivity contribution is -0.181. The molecule has 0 radical (unpaired) electrons. The summed E-state index contributed by atoms with van der Waals surface area (Å²) in [5.74, 6) is 1.84. The van der Waals surface area contributed by atoms with Gasteiger partial charge in [0.1, 0.15) is 0 Å². The van der Waals surface area contributed by atoms with E-state index in [0.717, 1.165) is 12.8 Å². The van der Waals surface area contributed by atoms with Gasteiger partial charge in [-0.1, -0.05) is 25.0 Å². The SMILES string of the molecule is COC(=O)[C@@]1(C)CCC[C@@]2(C)[C@@H]3C(C)=CC[C@H]2[C@@H]31. The van der Waals surface area contributed by atoms with Crippen molar-refractivity contribution in [1.29, 1.82) is 0 Å². The van der Waals surface area contributed by atoms with Gasteiger partial charge >= 0.3 is 5.97 Å². The Balaban J connectivity index is 2.04. The van der Waals surface area contributed by atoms with Crippen molar-refractivity contribution < 1.29 is 9.53 Å². The summed E-state index contributed by atoms with van der Waals surface area (Å²) in [7, 11) is 1.54. The van der Waals surface area contributed by atoms with Crippen molar-refractivity contribution in [2.24, 2.45) is 28.6 Å². The molecule has 5 atom stereocenters. The molecule has 0 heterocycles. The van der Waals surface area contributed by atoms with Crippen LogP contribution in [0.25, 0.3) is 0 Å². The van der Waals surface area contributed by atoms with Gasteiger partial charge in [0.2, 0.25) is 0 Å². The van der Waals surface area contributed by atoms with Crippen LogP contribution in [0.3, 0.4) is 0 Å². The van der Waals surface area contributed by atoms with Crippen LogP contribution in [0.2, 0.25) is 0 Å². The predicted molar refractivity (Wildman–Crippen MR) is 70.9 cm³/mol. The molecule has 2 fully saturated rings. The number of carbonyl (C=O) groups excluding carboxylic acids is 1. The van der Waals surface area contributed by atoms with Crippen LogP contribution in [0.4, 0.5) is 0 Å². The van der Waals surface area contributed by atoms with E-state index in [9.17, 15) is 4.79 Å². The van der Waals surface area contributed by atoms with Gasteiger partial charge in [0.05, 0.1) is 12.5 Å². The van der Waals surface area contributed by atoms with Crippen LogP contribution in [0.5, 0.6) is 0 Å². The molecule has 0 aromatic heterocycles. The van der Waals surface area contributed by atoms with E-state index in [1.165, 1.54) is 25.5 Å². The first-order valence-electron chi connectivity index (χ1n) is 7.20. The second-order valence-corrected chi connectivity index (χ2v) is 7.06. The first-order valence-corrected chi connectivity index (χ1v) is 7.20. The monoisotopic (exact) mass is 248 g/mol. The minimum atomic E-state index is -0.254. The summed E-state index contributed by atoms with van der Waals surface area (Å²) in [6.07, 6.45) is 7.00. The van der Waals surface area contributed by atoms with Gasteiger partial charge in [-0.15, -0.1) is 0 Å². The molecule has 2 saturated carbocycles. The fourth-order valence-corrected chi connectivity index (χ4v) is 5.45. The molecule has 3 aliphatic rings. The third-order valence-corrected chi connectivity index (χ3v) is 6.33. The number of methoxy groups -OCH3 is 1. The lowest BCUT2D eigenvalue weighted by Gasteiger charge is -2.65. The van der Waals surface area contributed by atoms with Crippen LogP contribution in [-0.4, -0.2) is 13.1 Å². The third kappa shape index (κ3) is 1.22. The van der Waals surface area contributed by atoms with E-state index < -0.39 is 0 Å². The van der Waals surface area contributed by atoms with E-state index in [0.29, 0.717) is 23.2 Å². The Morgan fingerprint density at radius 1 is 1.39 bits per heavy atom. The van der Waals surface area contributed by atoms with Gasteiger partial charge in [-0.05, 0) is 56.3 Å². The van der Waals surface area contributed by atoms with Gasteiger partial charge in [0.25, 0.3) is 0 Å². The van der Waals surface area contributed by atoms with Crippen molar-refractivity contribution in [3.8, 4) is 0 Å². The zero-order valence-corrected chi connectivity index (χ0v) is 12.0. The maximum absolute atomic E-state index is 12.3. The molecule has 100 valence electrons. The van der Waals surface area contributed by atoms with Crippen molar-refractivity contribution in [2.75, 3.05) is 7.11 Å². The molecule has 2 nitrogen and oxygen atoms in total. The molecule has 0 aromatic carbocycles. The van der Waals surface area contributed by atoms with Crippen molar-refractivity contribution >= 4 is 5.97 Å². The third-order valence-electron chi connectivity index (χ3n) is 6.33. The highest BCUT2D eigenvalue weighted by Crippen LogP contribution is 2.72. The molecule has 2 heteroatoms. The molecular weight excluding hydrogens is 224 g/mol. The summed E-state index contributed by atoms with van der Waals surface area (Å²) in [5.41, 5.74) is 1.72. The fraction of sp³-hybridized carbons (Fsp3) is 0.812. The number of hydrogen-bond acceptors (Lipinski definition) is 2. The molecule has 0 unspecified atom stereocenters. The molecule has 0 spiro atoms. The van der Waals surface area contributed by atoms with Crippen LogP contribution in [-0.2, 0) is 9.53 Å². The Hall–Kier alpha value is -0.790. The van der Waals surface area contributed by atoms with Gasteiger partial charge < -0.3 is 4.74 Å². The molecule has 18 heavy (non-hydrogen) atoms. The van der Waals surface area contributed by atoms with Crippen molar-refractivity contribution in [3.63, 3.8) is 0 Å². The van der Waals surface area contributed by atoms with E-state index in [4.69, 9.17) is 4.74 Å². The van der Waals surface area contributed by atoms with Crippen LogP contribution in [0.15, 0.2) is 11.6 Å². The molecule has 0 aromatic rings. The maximum Gasteiger partial charge on any atom is 0.311 e. The van der Waals surface area contributed by atoms with Gasteiger partial charge in [-0.3, -0.25) is 4.79 Å². The molecule has 0 saturated heterocycles. The summed E-state index contributed by atoms with van der Waals surface area (Å²) in [4.78, 5) is 12.3. The summed E-state index contributed by atoms with van der Waals surface area (Å²) in [6, 6.07) is 0. The number of carbonyl (C=O) groups is 1. The minimum absolute atomic E-state index is 0.0150. The summed E-state index contributed by atoms with van der Waals surface area (Å²) in [5, 5.41) is 0. The average molecular weight is 248 g/mol. The number of fused-ring (bicyclic) bond motifs is 1. The lowest BCUT2D eigenvalue weighted by Crippen LogP contribution is -2.62. The normalized spacial score (nSPS) is 49.8. The molecular formula is C16H24O2. The van der Waals surface area contributed by atoms with E-state index in [-0.39, 0.29) is 11.4 Å². The van der Waals surface area contributed by atoms with E-state index in [1.807, 2.05) is 0 Å². The zero-order valence-electron chi connectivity index (χ0n) is 12.0. The van der Waals surface area contributed by atoms with Gasteiger partial charge in [0, 0.05) is 0 Å². The Kier molecular flexibility index (Phi) is 2.46. The smallest absolute Gasteiger partial charge is 0.311 e. The Bertz CT molecular complexity index is 425. The van der Waals surface area contributed by atoms with Crippen molar-refractivity contribution in [1.82, 2.24) is 0 Å². The summed E-state index contributed by atoms with van der Waals surface area (Å²) >= 11 is 0. The fourth-order valence-electron chi connectivity index (χ4n) is 5.45. The minimum Gasteiger partial charge on any atom is -0.469 e. The number of esters is 1. The standard InChI is InChI=1S/C16H24O2/c1-10-6-7-11-13-12(10)15(11,2)8-5-9-16(13,3)14(17)18-4/h6,11-13H,5,7-9H2,1-4H3/t11-,12+,13-,15+,16-/m0/s1. The summed E-state index contributed by atoms with van der Waals surface area (Å²) in [6.45, 7) is 6.85. The Morgan fingerprint density at radius 3 is 2.72 bits per heavy atom. The molecule has 0 amide bonds. The zero-order chi connectivity index (χ0) is 13.1. The second kappa shape index (κ2) is 3.61. The van der Waals surface area contributed by atoms with E-state index >= 15 is 0 Å². The number of allylic oxidation sites excluding steroid dienone is 2. The Morgan fingerprint density at radius 2 is 2.11 bits per heavy atom. The molecule has 3 aliphatic carbocycles. The maximum atomic E-state index is 12.3. The number of rotatable bonds is 1. The molecule has 0 aliphatic heterocycles. The largest absolute Gasteiger partial charge is 0.469 e. The number of hydrogen-bond donors (Lipinski definition) is 0. The van der Waals surface area contributed by atoms with Crippen molar-refractivity contribution in [2.45, 2.75) is 46.5 Å². The lowest BCUT2D eigenvalue weighted by atomic mass is 9.38. The van der Waals surface area contributed by atoms with Crippen molar-refractivity contribution in [3.05, 3.63) is 11.6 Å². The Labute approximate surface area is 110 Å². The topological polar surface area (TPSA) is 26.3 Å². The van der Waals surface area contributed by atoms with Crippen LogP contribution >= 0.6 is 0 Å². The second-order valence-electron chi connectivity index (χ2n) is 7.06. The summed E-state index contributed by atoms with van der Waals surface area (Å²) < 4.78 is 5.12. The average Bonchev–Trinajstić information content (AvgIpc) is 2.54. The van der Waals surface area contributed by atoms with Crippen LogP contribution < -0.4 is 0 Å². The van der Waals surface area contributed by atoms with E-state index in [1.54, 1.807) is 0 Å². The highest BCUT2D eigenvalue weighted by molar-refractivity contribution is 5.77. The molecule has 4 bridgehead atoms. The first-order chi connectivity index (χ1) is 8.45.